The molecule has 2 rings (SSSR count). The van der Waals surface area contributed by atoms with Gasteiger partial charge in [0.15, 0.2) is 5.76 Å². The van der Waals surface area contributed by atoms with Gasteiger partial charge in [-0.3, -0.25) is 4.79 Å². The summed E-state index contributed by atoms with van der Waals surface area (Å²) in [6.45, 7) is 7.09. The van der Waals surface area contributed by atoms with Gasteiger partial charge in [0.2, 0.25) is 11.7 Å². The van der Waals surface area contributed by atoms with E-state index in [9.17, 15) is 9.90 Å². The van der Waals surface area contributed by atoms with E-state index in [1.54, 1.807) is 36.9 Å². The van der Waals surface area contributed by atoms with Gasteiger partial charge in [-0.1, -0.05) is 6.92 Å². The molecule has 0 aromatic carbocycles. The Morgan fingerprint density at radius 1 is 1.55 bits per heavy atom. The van der Waals surface area contributed by atoms with E-state index >= 15 is 0 Å². The first-order valence-electron chi connectivity index (χ1n) is 7.28. The normalized spacial score (nSPS) is 13.1. The lowest BCUT2D eigenvalue weighted by Crippen LogP contribution is -2.32. The highest BCUT2D eigenvalue weighted by molar-refractivity contribution is 5.73. The maximum Gasteiger partial charge on any atom is 0.217 e. The number of hydrogen-bond acceptors (Lipinski definition) is 5. The monoisotopic (exact) mass is 306 g/mol. The van der Waals surface area contributed by atoms with Crippen LogP contribution >= 0.6 is 0 Å². The number of furan rings is 1. The summed E-state index contributed by atoms with van der Waals surface area (Å²) < 4.78 is 6.95. The zero-order valence-electron chi connectivity index (χ0n) is 13.3. The van der Waals surface area contributed by atoms with E-state index in [1.807, 2.05) is 6.92 Å². The third kappa shape index (κ3) is 3.94. The zero-order valence-corrected chi connectivity index (χ0v) is 13.3. The molecule has 7 nitrogen and oxygen atoms in total. The zero-order chi connectivity index (χ0) is 16.3. The number of aromatic nitrogens is 3. The average molecular weight is 306 g/mol. The molecule has 0 aliphatic rings. The van der Waals surface area contributed by atoms with Crippen molar-refractivity contribution in [2.45, 2.75) is 52.3 Å². The number of nitrogens with zero attached hydrogens (tertiary/aromatic N) is 3. The lowest BCUT2D eigenvalue weighted by molar-refractivity contribution is -0.119. The van der Waals surface area contributed by atoms with Gasteiger partial charge in [0.05, 0.1) is 24.5 Å². The molecule has 120 valence electrons. The van der Waals surface area contributed by atoms with Crippen LogP contribution in [0.25, 0.3) is 11.6 Å². The quantitative estimate of drug-likeness (QED) is 0.850. The fourth-order valence-corrected chi connectivity index (χ4v) is 2.20. The molecular weight excluding hydrogens is 284 g/mol. The van der Waals surface area contributed by atoms with Gasteiger partial charge in [0, 0.05) is 6.92 Å². The first kappa shape index (κ1) is 16.2. The first-order chi connectivity index (χ1) is 10.3. The van der Waals surface area contributed by atoms with Gasteiger partial charge in [0.1, 0.15) is 5.82 Å². The van der Waals surface area contributed by atoms with Crippen LogP contribution in [0.4, 0.5) is 0 Å². The minimum atomic E-state index is -0.947. The second-order valence-corrected chi connectivity index (χ2v) is 5.90. The summed E-state index contributed by atoms with van der Waals surface area (Å²) >= 11 is 0. The minimum Gasteiger partial charge on any atom is -0.461 e. The number of nitrogens with one attached hydrogen (secondary N) is 1. The summed E-state index contributed by atoms with van der Waals surface area (Å²) in [5, 5.41) is 17.3. The van der Waals surface area contributed by atoms with Crippen molar-refractivity contribution in [1.29, 1.82) is 0 Å². The van der Waals surface area contributed by atoms with Crippen LogP contribution in [0.15, 0.2) is 22.8 Å². The molecular formula is C15H22N4O3. The van der Waals surface area contributed by atoms with Crippen LogP contribution < -0.4 is 5.32 Å². The highest BCUT2D eigenvalue weighted by Crippen LogP contribution is 2.22. The van der Waals surface area contributed by atoms with Crippen molar-refractivity contribution in [3.63, 3.8) is 0 Å². The fraction of sp³-hybridized carbons (Fsp3) is 0.533. The maximum absolute atomic E-state index is 11.4. The molecule has 0 spiro atoms. The Kier molecular flexibility index (Phi) is 4.65. The predicted molar refractivity (Wildman–Crippen MR) is 80.9 cm³/mol. The number of amides is 1. The number of carbonyl (C=O) groups is 1. The van der Waals surface area contributed by atoms with Crippen LogP contribution in [0.3, 0.4) is 0 Å². The van der Waals surface area contributed by atoms with Crippen LogP contribution in [0.2, 0.25) is 0 Å². The SMILES string of the molecule is CC[C@H](NC(C)=O)c1nc(-c2ccco2)nn1CC(C)(C)O. The molecule has 2 aromatic heterocycles. The Hall–Kier alpha value is -2.15. The fourth-order valence-electron chi connectivity index (χ4n) is 2.20. The van der Waals surface area contributed by atoms with Crippen LogP contribution in [-0.4, -0.2) is 31.4 Å². The summed E-state index contributed by atoms with van der Waals surface area (Å²) in [5.41, 5.74) is -0.947. The number of aliphatic hydroxyl groups is 1. The van der Waals surface area contributed by atoms with Crippen LogP contribution in [-0.2, 0) is 11.3 Å². The summed E-state index contributed by atoms with van der Waals surface area (Å²) in [4.78, 5) is 15.9. The molecule has 0 bridgehead atoms. The molecule has 0 saturated carbocycles. The van der Waals surface area contributed by atoms with Crippen molar-refractivity contribution < 1.29 is 14.3 Å². The topological polar surface area (TPSA) is 93.2 Å². The molecule has 0 aliphatic carbocycles. The number of rotatable bonds is 6. The van der Waals surface area contributed by atoms with E-state index < -0.39 is 5.60 Å². The Morgan fingerprint density at radius 3 is 2.77 bits per heavy atom. The maximum atomic E-state index is 11.4. The Balaban J connectivity index is 2.42. The Labute approximate surface area is 129 Å². The standard InChI is InChI=1S/C15H22N4O3/c1-5-11(16-10(2)20)14-17-13(12-7-6-8-22-12)18-19(14)9-15(3,4)21/h6-8,11,21H,5,9H2,1-4H3,(H,16,20)/t11-/m0/s1. The minimum absolute atomic E-state index is 0.135. The Morgan fingerprint density at radius 2 is 2.27 bits per heavy atom. The van der Waals surface area contributed by atoms with Crippen molar-refractivity contribution in [3.05, 3.63) is 24.2 Å². The Bertz CT molecular complexity index is 626. The van der Waals surface area contributed by atoms with E-state index in [4.69, 9.17) is 4.42 Å². The van der Waals surface area contributed by atoms with Crippen molar-refractivity contribution in [2.75, 3.05) is 0 Å². The third-order valence-corrected chi connectivity index (χ3v) is 3.08. The lowest BCUT2D eigenvalue weighted by Gasteiger charge is -2.21. The molecule has 0 saturated heterocycles. The summed E-state index contributed by atoms with van der Waals surface area (Å²) in [6, 6.07) is 3.26. The van der Waals surface area contributed by atoms with E-state index in [1.165, 1.54) is 6.92 Å². The van der Waals surface area contributed by atoms with Crippen LogP contribution in [0.1, 0.15) is 46.0 Å². The molecule has 2 aromatic rings. The highest BCUT2D eigenvalue weighted by atomic mass is 16.3. The van der Waals surface area contributed by atoms with Crippen LogP contribution in [0, 0.1) is 0 Å². The molecule has 1 amide bonds. The van der Waals surface area contributed by atoms with E-state index in [0.29, 0.717) is 23.8 Å². The number of carbonyl (C=O) groups excluding carboxylic acids is 1. The molecule has 22 heavy (non-hydrogen) atoms. The summed E-state index contributed by atoms with van der Waals surface area (Å²) in [5.74, 6) is 1.46. The third-order valence-electron chi connectivity index (χ3n) is 3.08. The smallest absolute Gasteiger partial charge is 0.217 e. The van der Waals surface area contributed by atoms with Crippen molar-refractivity contribution in [3.8, 4) is 11.6 Å². The van der Waals surface area contributed by atoms with Gasteiger partial charge < -0.3 is 14.8 Å². The molecule has 7 heteroatoms. The predicted octanol–water partition coefficient (Wildman–Crippen LogP) is 1.90. The van der Waals surface area contributed by atoms with Gasteiger partial charge in [-0.25, -0.2) is 9.67 Å². The molecule has 0 unspecified atom stereocenters. The lowest BCUT2D eigenvalue weighted by atomic mass is 10.1. The second kappa shape index (κ2) is 6.31. The van der Waals surface area contributed by atoms with E-state index in [2.05, 4.69) is 15.4 Å². The van der Waals surface area contributed by atoms with Gasteiger partial charge in [-0.2, -0.15) is 0 Å². The average Bonchev–Trinajstić information content (AvgIpc) is 3.02. The second-order valence-electron chi connectivity index (χ2n) is 5.90. The van der Waals surface area contributed by atoms with Crippen molar-refractivity contribution >= 4 is 5.91 Å². The number of hydrogen-bond donors (Lipinski definition) is 2. The van der Waals surface area contributed by atoms with E-state index in [0.717, 1.165) is 0 Å². The van der Waals surface area contributed by atoms with Gasteiger partial charge in [-0.05, 0) is 32.4 Å². The molecule has 2 N–H and O–H groups in total. The van der Waals surface area contributed by atoms with E-state index in [-0.39, 0.29) is 18.5 Å². The highest BCUT2D eigenvalue weighted by Gasteiger charge is 2.24. The summed E-state index contributed by atoms with van der Waals surface area (Å²) in [7, 11) is 0. The molecule has 1 atom stereocenters. The first-order valence-corrected chi connectivity index (χ1v) is 7.28. The van der Waals surface area contributed by atoms with Crippen molar-refractivity contribution in [1.82, 2.24) is 20.1 Å². The van der Waals surface area contributed by atoms with Gasteiger partial charge in [0.25, 0.3) is 0 Å². The van der Waals surface area contributed by atoms with Gasteiger partial charge in [-0.15, -0.1) is 5.10 Å². The largest absolute Gasteiger partial charge is 0.461 e. The molecule has 0 fully saturated rings. The molecule has 0 radical (unpaired) electrons. The van der Waals surface area contributed by atoms with Gasteiger partial charge >= 0.3 is 0 Å². The summed E-state index contributed by atoms with van der Waals surface area (Å²) in [6.07, 6.45) is 2.22. The van der Waals surface area contributed by atoms with Crippen LogP contribution in [0.5, 0.6) is 0 Å². The molecule has 0 aliphatic heterocycles. The molecule has 2 heterocycles. The van der Waals surface area contributed by atoms with Crippen molar-refractivity contribution in [2.24, 2.45) is 0 Å².